The molecule has 24 heavy (non-hydrogen) atoms. The van der Waals surface area contributed by atoms with Crippen molar-refractivity contribution >= 4 is 39.9 Å². The van der Waals surface area contributed by atoms with Crippen LogP contribution in [0.15, 0.2) is 53.3 Å². The molecular formula is C18H14Cl2N2O2. The van der Waals surface area contributed by atoms with E-state index >= 15 is 0 Å². The van der Waals surface area contributed by atoms with Crippen molar-refractivity contribution in [3.8, 4) is 0 Å². The number of carbonyl (C=O) groups is 1. The number of hydrogen-bond donors (Lipinski definition) is 1. The number of nitrogens with zero attached hydrogens (tertiary/aromatic N) is 1. The number of nitrogens with one attached hydrogen (secondary N) is 1. The van der Waals surface area contributed by atoms with Crippen LogP contribution in [-0.4, -0.2) is 22.8 Å². The summed E-state index contributed by atoms with van der Waals surface area (Å²) in [5, 5.41) is 2.13. The first kappa shape index (κ1) is 16.6. The monoisotopic (exact) mass is 360 g/mol. The lowest BCUT2D eigenvalue weighted by Crippen LogP contribution is -2.28. The van der Waals surface area contributed by atoms with Gasteiger partial charge in [0.05, 0.1) is 10.0 Å². The van der Waals surface area contributed by atoms with Crippen molar-refractivity contribution in [2.75, 3.05) is 7.05 Å². The lowest BCUT2D eigenvalue weighted by atomic mass is 10.1. The van der Waals surface area contributed by atoms with Crippen molar-refractivity contribution < 1.29 is 4.79 Å². The van der Waals surface area contributed by atoms with Gasteiger partial charge in [0, 0.05) is 19.0 Å². The number of hydrogen-bond acceptors (Lipinski definition) is 2. The van der Waals surface area contributed by atoms with E-state index in [4.69, 9.17) is 23.2 Å². The Bertz CT molecular complexity index is 982. The molecule has 0 aliphatic carbocycles. The molecule has 4 nitrogen and oxygen atoms in total. The summed E-state index contributed by atoms with van der Waals surface area (Å²) in [6.45, 7) is 0.285. The SMILES string of the molecule is CN(Cc1cccc(Cl)c1Cl)C(=O)c1cc2ccccc2c(=O)[nH]1. The van der Waals surface area contributed by atoms with Crippen molar-refractivity contribution in [1.82, 2.24) is 9.88 Å². The topological polar surface area (TPSA) is 53.2 Å². The van der Waals surface area contributed by atoms with Crippen LogP contribution in [0.2, 0.25) is 10.0 Å². The van der Waals surface area contributed by atoms with Gasteiger partial charge in [-0.2, -0.15) is 0 Å². The Morgan fingerprint density at radius 3 is 2.67 bits per heavy atom. The number of halogens is 2. The molecule has 3 aromatic rings. The zero-order chi connectivity index (χ0) is 17.3. The molecule has 1 aromatic heterocycles. The van der Waals surface area contributed by atoms with Gasteiger partial charge in [0.1, 0.15) is 5.69 Å². The number of fused-ring (bicyclic) bond motifs is 1. The summed E-state index contributed by atoms with van der Waals surface area (Å²) in [6, 6.07) is 14.1. The molecule has 0 fully saturated rings. The van der Waals surface area contributed by atoms with Crippen LogP contribution in [0.4, 0.5) is 0 Å². The molecule has 0 radical (unpaired) electrons. The first-order valence-corrected chi connectivity index (χ1v) is 8.03. The highest BCUT2D eigenvalue weighted by Gasteiger charge is 2.16. The zero-order valence-electron chi connectivity index (χ0n) is 12.8. The summed E-state index contributed by atoms with van der Waals surface area (Å²) in [5.41, 5.74) is 0.688. The summed E-state index contributed by atoms with van der Waals surface area (Å²) in [6.07, 6.45) is 0. The van der Waals surface area contributed by atoms with E-state index in [1.165, 1.54) is 4.90 Å². The first-order chi connectivity index (χ1) is 11.5. The number of H-pyrrole nitrogens is 1. The molecule has 1 N–H and O–H groups in total. The molecule has 0 unspecified atom stereocenters. The molecule has 0 saturated carbocycles. The Balaban J connectivity index is 1.91. The first-order valence-electron chi connectivity index (χ1n) is 7.28. The van der Waals surface area contributed by atoms with Crippen LogP contribution in [0.25, 0.3) is 10.8 Å². The van der Waals surface area contributed by atoms with Gasteiger partial charge < -0.3 is 9.88 Å². The van der Waals surface area contributed by atoms with E-state index in [-0.39, 0.29) is 23.7 Å². The number of amides is 1. The zero-order valence-corrected chi connectivity index (χ0v) is 14.4. The van der Waals surface area contributed by atoms with Crippen LogP contribution in [-0.2, 0) is 6.54 Å². The van der Waals surface area contributed by atoms with E-state index in [1.807, 2.05) is 6.07 Å². The van der Waals surface area contributed by atoms with Gasteiger partial charge in [-0.15, -0.1) is 0 Å². The molecule has 0 atom stereocenters. The summed E-state index contributed by atoms with van der Waals surface area (Å²) in [5.74, 6) is -0.297. The Kier molecular flexibility index (Phi) is 4.60. The largest absolute Gasteiger partial charge is 0.336 e. The third kappa shape index (κ3) is 3.16. The fraction of sp³-hybridized carbons (Fsp3) is 0.111. The van der Waals surface area contributed by atoms with Crippen molar-refractivity contribution in [2.45, 2.75) is 6.54 Å². The van der Waals surface area contributed by atoms with E-state index < -0.39 is 0 Å². The molecule has 122 valence electrons. The second-order valence-corrected chi connectivity index (χ2v) is 6.26. The van der Waals surface area contributed by atoms with Crippen LogP contribution in [0.5, 0.6) is 0 Å². The number of pyridine rings is 1. The molecule has 3 rings (SSSR count). The van der Waals surface area contributed by atoms with Crippen LogP contribution >= 0.6 is 23.2 Å². The summed E-state index contributed by atoms with van der Waals surface area (Å²) in [7, 11) is 1.65. The summed E-state index contributed by atoms with van der Waals surface area (Å²) >= 11 is 12.2. The van der Waals surface area contributed by atoms with Gasteiger partial charge in [-0.05, 0) is 29.1 Å². The second-order valence-electron chi connectivity index (χ2n) is 5.47. The lowest BCUT2D eigenvalue weighted by Gasteiger charge is -2.18. The van der Waals surface area contributed by atoms with Crippen LogP contribution in [0.3, 0.4) is 0 Å². The Morgan fingerprint density at radius 1 is 1.12 bits per heavy atom. The average Bonchev–Trinajstić information content (AvgIpc) is 2.58. The van der Waals surface area contributed by atoms with Gasteiger partial charge in [-0.3, -0.25) is 9.59 Å². The van der Waals surface area contributed by atoms with Gasteiger partial charge in [0.15, 0.2) is 0 Å². The number of aromatic amines is 1. The van der Waals surface area contributed by atoms with E-state index in [0.717, 1.165) is 10.9 Å². The molecule has 0 bridgehead atoms. The van der Waals surface area contributed by atoms with Gasteiger partial charge in [0.25, 0.3) is 11.5 Å². The highest BCUT2D eigenvalue weighted by molar-refractivity contribution is 6.42. The van der Waals surface area contributed by atoms with Crippen LogP contribution in [0.1, 0.15) is 16.1 Å². The summed E-state index contributed by atoms with van der Waals surface area (Å²) in [4.78, 5) is 28.9. The van der Waals surface area contributed by atoms with E-state index in [2.05, 4.69) is 4.98 Å². The van der Waals surface area contributed by atoms with Crippen LogP contribution < -0.4 is 5.56 Å². The fourth-order valence-corrected chi connectivity index (χ4v) is 2.91. The van der Waals surface area contributed by atoms with Crippen LogP contribution in [0, 0.1) is 0 Å². The van der Waals surface area contributed by atoms with E-state index in [9.17, 15) is 9.59 Å². The molecule has 0 spiro atoms. The maximum absolute atomic E-state index is 12.6. The highest BCUT2D eigenvalue weighted by Crippen LogP contribution is 2.26. The normalized spacial score (nSPS) is 10.8. The maximum atomic E-state index is 12.6. The molecule has 6 heteroatoms. The predicted octanol–water partition coefficient (Wildman–Crippen LogP) is 4.11. The van der Waals surface area contributed by atoms with E-state index in [0.29, 0.717) is 15.4 Å². The minimum atomic E-state index is -0.297. The standard InChI is InChI=1S/C18H14Cl2N2O2/c1-22(10-12-6-4-8-14(19)16(12)20)18(24)15-9-11-5-2-3-7-13(11)17(23)21-15/h2-9H,10H2,1H3,(H,21,23). The minimum absolute atomic E-state index is 0.236. The van der Waals surface area contributed by atoms with Gasteiger partial charge in [-0.25, -0.2) is 0 Å². The molecule has 2 aromatic carbocycles. The molecule has 0 aliphatic rings. The Morgan fingerprint density at radius 2 is 1.88 bits per heavy atom. The quantitative estimate of drug-likeness (QED) is 0.763. The summed E-state index contributed by atoms with van der Waals surface area (Å²) < 4.78 is 0. The van der Waals surface area contributed by atoms with Gasteiger partial charge in [0.2, 0.25) is 0 Å². The van der Waals surface area contributed by atoms with E-state index in [1.54, 1.807) is 49.5 Å². The third-order valence-corrected chi connectivity index (χ3v) is 4.63. The molecule has 0 saturated heterocycles. The smallest absolute Gasteiger partial charge is 0.270 e. The Hall–Kier alpha value is -2.30. The number of carbonyl (C=O) groups excluding carboxylic acids is 1. The van der Waals surface area contributed by atoms with Crippen molar-refractivity contribution in [1.29, 1.82) is 0 Å². The van der Waals surface area contributed by atoms with Gasteiger partial charge >= 0.3 is 0 Å². The molecule has 1 heterocycles. The van der Waals surface area contributed by atoms with Gasteiger partial charge in [-0.1, -0.05) is 53.5 Å². The fourth-order valence-electron chi connectivity index (χ4n) is 2.53. The molecule has 1 amide bonds. The predicted molar refractivity (Wildman–Crippen MR) is 96.8 cm³/mol. The number of aromatic nitrogens is 1. The molecule has 0 aliphatic heterocycles. The maximum Gasteiger partial charge on any atom is 0.270 e. The third-order valence-electron chi connectivity index (χ3n) is 3.77. The number of rotatable bonds is 3. The minimum Gasteiger partial charge on any atom is -0.336 e. The van der Waals surface area contributed by atoms with Crippen molar-refractivity contribution in [3.05, 3.63) is 80.2 Å². The Labute approximate surface area is 148 Å². The average molecular weight is 361 g/mol. The highest BCUT2D eigenvalue weighted by atomic mass is 35.5. The lowest BCUT2D eigenvalue weighted by molar-refractivity contribution is 0.0779. The van der Waals surface area contributed by atoms with Crippen molar-refractivity contribution in [3.63, 3.8) is 0 Å². The number of benzene rings is 2. The molecular weight excluding hydrogens is 347 g/mol. The second kappa shape index (κ2) is 6.67. The van der Waals surface area contributed by atoms with Crippen molar-refractivity contribution in [2.24, 2.45) is 0 Å².